The summed E-state index contributed by atoms with van der Waals surface area (Å²) >= 11 is 0. The van der Waals surface area contributed by atoms with Gasteiger partial charge in [0.2, 0.25) is 0 Å². The summed E-state index contributed by atoms with van der Waals surface area (Å²) in [6.07, 6.45) is 0. The van der Waals surface area contributed by atoms with Gasteiger partial charge >= 0.3 is 31.8 Å². The maximum Gasteiger partial charge on any atom is 0.425 e. The van der Waals surface area contributed by atoms with E-state index in [-0.39, 0.29) is 114 Å². The molecule has 532 valence electrons. The first-order valence-electron chi connectivity index (χ1n) is 27.5. The second-order valence-corrected chi connectivity index (χ2v) is 26.5. The molecule has 0 atom stereocenters. The molecule has 0 amide bonds. The van der Waals surface area contributed by atoms with Crippen LogP contribution in [0.4, 0.5) is 62.6 Å². The van der Waals surface area contributed by atoms with Crippen LogP contribution in [-0.2, 0) is 72.3 Å². The van der Waals surface area contributed by atoms with E-state index in [9.17, 15) is 72.3 Å². The molecule has 10 aromatic rings. The van der Waals surface area contributed by atoms with Crippen molar-refractivity contribution in [1.29, 1.82) is 0 Å². The molecule has 0 aliphatic carbocycles. The maximum atomic E-state index is 12.9. The van der Waals surface area contributed by atoms with Crippen molar-refractivity contribution < 1.29 is 120 Å². The number of phenols is 4. The average molecular weight is 1540 g/mol. The minimum Gasteiger partial charge on any atom is -0.507 e. The second kappa shape index (κ2) is 32.6. The van der Waals surface area contributed by atoms with Gasteiger partial charge in [-0.3, -0.25) is 18.2 Å². The van der Waals surface area contributed by atoms with Gasteiger partial charge in [0.05, 0.1) is 51.1 Å². The first kappa shape index (κ1) is 77.7. The van der Waals surface area contributed by atoms with E-state index in [1.54, 1.807) is 57.3 Å². The minimum atomic E-state index is -5.13. The summed E-state index contributed by atoms with van der Waals surface area (Å²) in [6, 6.07) is 30.5. The smallest absolute Gasteiger partial charge is 0.425 e. The Hall–Kier alpha value is -11.7. The fourth-order valence-electron chi connectivity index (χ4n) is 9.19. The van der Waals surface area contributed by atoms with Gasteiger partial charge in [0.1, 0.15) is 66.9 Å². The summed E-state index contributed by atoms with van der Waals surface area (Å²) < 4.78 is 225. The van der Waals surface area contributed by atoms with Crippen molar-refractivity contribution in [2.75, 3.05) is 25.6 Å². The summed E-state index contributed by atoms with van der Waals surface area (Å²) in [7, 11) is -27.3. The molecule has 10 aromatic carbocycles. The van der Waals surface area contributed by atoms with Gasteiger partial charge in [-0.25, -0.2) is 0 Å². The van der Waals surface area contributed by atoms with Crippen LogP contribution in [0, 0.1) is 0 Å². The summed E-state index contributed by atoms with van der Waals surface area (Å²) in [5.41, 5.74) is -0.438. The van der Waals surface area contributed by atoms with Gasteiger partial charge in [0.15, 0.2) is 17.2 Å². The van der Waals surface area contributed by atoms with E-state index in [4.69, 9.17) is 47.4 Å². The predicted octanol–water partition coefficient (Wildman–Crippen LogP) is 12.0. The molecule has 0 bridgehead atoms. The van der Waals surface area contributed by atoms with Gasteiger partial charge < -0.3 is 35.2 Å². The Morgan fingerprint density at radius 3 is 1.34 bits per heavy atom. The number of anilines is 1. The third kappa shape index (κ3) is 19.6. The monoisotopic (exact) mass is 1540 g/mol. The number of aromatic hydroxyl groups is 4. The van der Waals surface area contributed by atoms with Gasteiger partial charge in [-0.2, -0.15) is 43.9 Å². The molecule has 9 N–H and O–H groups in total. The number of rotatable bonds is 19. The highest BCUT2D eigenvalue weighted by atomic mass is 32.2. The number of phenolic OH excluding ortho intramolecular Hbond substituents is 4. The fourth-order valence-corrected chi connectivity index (χ4v) is 11.5. The fraction of sp³-hybridized carbons (Fsp3) is 0.0877. The topological polar surface area (TPSA) is 606 Å². The predicted molar refractivity (Wildman–Crippen MR) is 356 cm³/mol. The minimum absolute atomic E-state index is 0.00698. The number of ether oxygens (including phenoxy) is 2. The zero-order chi connectivity index (χ0) is 75.3. The number of nitrogens with zero attached hydrogens (tertiary/aromatic N) is 10. The van der Waals surface area contributed by atoms with Crippen LogP contribution in [0.1, 0.15) is 13.8 Å². The molecule has 10 rings (SSSR count). The average Bonchev–Trinajstić information content (AvgIpc) is 0.775. The molecule has 0 aromatic heterocycles. The number of azo groups is 5. The standard InChI is InChI=1S/C57H45N11O18S4.3O3S/c1-4-85-48-28-45(49(86-5-2)27-44(48)64-66-46-25-34(87(73,74)75)20-31-21-35(88(76,77)78)26-47(69)52(31)46)65-68-54-51(90(82,83)84)22-30-11-14-33(24-39(30)57(54)72)60-67-53-36-15-19-43(55(70)37(36)16-18-41(53)58-3)62-59-32-13-10-29-12-17-42(56(71)38(29)23-32)63-61-40-8-6-7-9-50(40)89(79,80)81;3*1-4(2)3/h6-28,58,69-72H,4-5H2,1-3H3,(H,73,74,75)(H,76,77,78)(H,79,80,81)(H,82,83,84);;;. The summed E-state index contributed by atoms with van der Waals surface area (Å²) in [6.45, 7) is 3.19. The van der Waals surface area contributed by atoms with Crippen LogP contribution < -0.4 is 14.8 Å². The van der Waals surface area contributed by atoms with Crippen molar-refractivity contribution in [3.05, 3.63) is 140 Å². The molecule has 0 saturated carbocycles. The first-order valence-corrected chi connectivity index (χ1v) is 36.2. The van der Waals surface area contributed by atoms with E-state index in [1.165, 1.54) is 66.7 Å². The van der Waals surface area contributed by atoms with Crippen molar-refractivity contribution in [2.24, 2.45) is 51.1 Å². The lowest BCUT2D eigenvalue weighted by Gasteiger charge is -2.13. The van der Waals surface area contributed by atoms with Crippen LogP contribution in [0.3, 0.4) is 0 Å². The molecule has 45 heteroatoms. The molecule has 0 fully saturated rings. The Kier molecular flexibility index (Phi) is 24.8. The number of benzene rings is 10. The summed E-state index contributed by atoms with van der Waals surface area (Å²) in [5, 5.41) is 91.4. The molecule has 0 saturated heterocycles. The molecule has 0 aliphatic rings. The van der Waals surface area contributed by atoms with E-state index < -0.39 is 115 Å². The zero-order valence-electron chi connectivity index (χ0n) is 51.4. The maximum absolute atomic E-state index is 12.9. The van der Waals surface area contributed by atoms with E-state index in [0.29, 0.717) is 22.5 Å². The molecule has 38 nitrogen and oxygen atoms in total. The Morgan fingerprint density at radius 2 is 0.804 bits per heavy atom. The number of hydrogen-bond donors (Lipinski definition) is 9. The highest BCUT2D eigenvalue weighted by Gasteiger charge is 2.25. The Labute approximate surface area is 578 Å². The summed E-state index contributed by atoms with van der Waals surface area (Å²) in [4.78, 5) is -2.91. The lowest BCUT2D eigenvalue weighted by atomic mass is 10.1. The largest absolute Gasteiger partial charge is 0.507 e. The van der Waals surface area contributed by atoms with Crippen LogP contribution in [-0.4, -0.2) is 130 Å². The Morgan fingerprint density at radius 1 is 0.373 bits per heavy atom. The normalized spacial score (nSPS) is 12.0. The van der Waals surface area contributed by atoms with Crippen molar-refractivity contribution >= 4 is 178 Å². The van der Waals surface area contributed by atoms with Crippen LogP contribution >= 0.6 is 0 Å². The van der Waals surface area contributed by atoms with Crippen molar-refractivity contribution in [1.82, 2.24) is 0 Å². The molecule has 102 heavy (non-hydrogen) atoms. The quantitative estimate of drug-likeness (QED) is 0.0268. The number of hydrogen-bond acceptors (Lipinski definition) is 34. The second-order valence-electron chi connectivity index (χ2n) is 19.7. The molecule has 0 radical (unpaired) electrons. The van der Waals surface area contributed by atoms with Gasteiger partial charge in [0.25, 0.3) is 40.5 Å². The third-order valence-electron chi connectivity index (χ3n) is 13.3. The van der Waals surface area contributed by atoms with Crippen molar-refractivity contribution in [3.63, 3.8) is 0 Å². The molecule has 0 aliphatic heterocycles. The van der Waals surface area contributed by atoms with Crippen LogP contribution in [0.2, 0.25) is 0 Å². The Balaban J connectivity index is 0.00000113. The molecule has 0 heterocycles. The van der Waals surface area contributed by atoms with Gasteiger partial charge in [-0.05, 0) is 121 Å². The molecular formula is C57H45N11O27S7. The van der Waals surface area contributed by atoms with Crippen LogP contribution in [0.15, 0.2) is 210 Å². The summed E-state index contributed by atoms with van der Waals surface area (Å²) in [5.74, 6) is -2.32. The van der Waals surface area contributed by atoms with E-state index in [0.717, 1.165) is 30.3 Å². The van der Waals surface area contributed by atoms with Gasteiger partial charge in [-0.1, -0.05) is 30.3 Å². The molecule has 0 spiro atoms. The van der Waals surface area contributed by atoms with Crippen molar-refractivity contribution in [3.8, 4) is 34.5 Å². The highest BCUT2D eigenvalue weighted by Crippen LogP contribution is 2.48. The van der Waals surface area contributed by atoms with Crippen molar-refractivity contribution in [2.45, 2.75) is 33.4 Å². The van der Waals surface area contributed by atoms with E-state index in [1.807, 2.05) is 0 Å². The SMILES string of the molecule is CCOc1cc(N=Nc2cc(S(=O)(=O)O)cc3cc(S(=O)(=O)O)cc(O)c23)c(OCC)cc1N=Nc1c(S(=O)(=O)O)cc2ccc(N=Nc3c(NC)ccc4c(O)c(N=Nc5ccc6ccc(N=Nc7ccccc7S(=O)(=O)O)c(O)c6c5)ccc34)cc2c1O.O=S(=O)=O.O=S(=O)=O.O=S(=O)=O. The first-order chi connectivity index (χ1) is 47.8. The number of fused-ring (bicyclic) bond motifs is 4. The number of nitrogens with one attached hydrogen (secondary N) is 1. The van der Waals surface area contributed by atoms with Gasteiger partial charge in [0, 0.05) is 46.8 Å². The lowest BCUT2D eigenvalue weighted by Crippen LogP contribution is -2.00. The Bertz CT molecular complexity index is 5990. The molecular weight excluding hydrogens is 1500 g/mol. The zero-order valence-corrected chi connectivity index (χ0v) is 57.1. The van der Waals surface area contributed by atoms with Crippen LogP contribution in [0.25, 0.3) is 43.1 Å². The molecule has 0 unspecified atom stereocenters. The van der Waals surface area contributed by atoms with Gasteiger partial charge in [-0.15, -0.1) is 78.8 Å². The highest BCUT2D eigenvalue weighted by molar-refractivity contribution is 7.86. The lowest BCUT2D eigenvalue weighted by molar-refractivity contribution is 0.332. The van der Waals surface area contributed by atoms with E-state index in [2.05, 4.69) is 56.5 Å². The van der Waals surface area contributed by atoms with E-state index >= 15 is 0 Å². The third-order valence-corrected chi connectivity index (χ3v) is 16.8. The van der Waals surface area contributed by atoms with Crippen LogP contribution in [0.5, 0.6) is 34.5 Å².